The molecule has 0 saturated carbocycles. The molecular weight excluding hydrogens is 172 g/mol. The molecule has 1 rings (SSSR count). The molecule has 70 valence electrons. The van der Waals surface area contributed by atoms with E-state index in [1.54, 1.807) is 12.2 Å². The van der Waals surface area contributed by atoms with Crippen molar-refractivity contribution in [1.29, 1.82) is 0 Å². The minimum atomic E-state index is -1.12. The lowest BCUT2D eigenvalue weighted by Crippen LogP contribution is -2.32. The van der Waals surface area contributed by atoms with Gasteiger partial charge in [-0.3, -0.25) is 9.59 Å². The lowest BCUT2D eigenvalue weighted by atomic mass is 9.80. The average molecular weight is 182 g/mol. The van der Waals surface area contributed by atoms with Crippen LogP contribution in [0.2, 0.25) is 0 Å². The fraction of sp³-hybridized carbons (Fsp3) is 0.333. The van der Waals surface area contributed by atoms with Crippen molar-refractivity contribution in [3.8, 4) is 0 Å². The third-order valence-corrected chi connectivity index (χ3v) is 2.11. The minimum Gasteiger partial charge on any atom is -0.481 e. The molecule has 0 amide bonds. The molecule has 2 atom stereocenters. The van der Waals surface area contributed by atoms with E-state index in [1.807, 2.05) is 0 Å². The van der Waals surface area contributed by atoms with Gasteiger partial charge in [-0.15, -0.1) is 0 Å². The summed E-state index contributed by atoms with van der Waals surface area (Å²) in [5.41, 5.74) is 0.353. The largest absolute Gasteiger partial charge is 0.481 e. The maximum absolute atomic E-state index is 10.7. The molecule has 0 radical (unpaired) electrons. The highest BCUT2D eigenvalue weighted by Gasteiger charge is 2.35. The Balaban J connectivity index is 2.96. The van der Waals surface area contributed by atoms with Crippen LogP contribution >= 0.6 is 0 Å². The molecule has 0 heterocycles. The molecule has 13 heavy (non-hydrogen) atoms. The molecule has 0 aliphatic heterocycles. The molecule has 0 aromatic heterocycles. The van der Waals surface area contributed by atoms with Crippen molar-refractivity contribution in [2.75, 3.05) is 0 Å². The summed E-state index contributed by atoms with van der Waals surface area (Å²) in [4.78, 5) is 21.4. The second kappa shape index (κ2) is 3.43. The minimum absolute atomic E-state index is 0.255. The summed E-state index contributed by atoms with van der Waals surface area (Å²) in [7, 11) is 0. The smallest absolute Gasteiger partial charge is 0.311 e. The Labute approximate surface area is 75.2 Å². The van der Waals surface area contributed by atoms with Gasteiger partial charge in [0.25, 0.3) is 0 Å². The van der Waals surface area contributed by atoms with E-state index in [-0.39, 0.29) is 6.42 Å². The van der Waals surface area contributed by atoms with E-state index >= 15 is 0 Å². The first kappa shape index (κ1) is 9.51. The lowest BCUT2D eigenvalue weighted by Gasteiger charge is -2.22. The van der Waals surface area contributed by atoms with E-state index in [0.717, 1.165) is 0 Å². The highest BCUT2D eigenvalue weighted by Crippen LogP contribution is 2.29. The van der Waals surface area contributed by atoms with Gasteiger partial charge in [0.1, 0.15) is 0 Å². The molecule has 0 aromatic carbocycles. The summed E-state index contributed by atoms with van der Waals surface area (Å²) < 4.78 is 0. The lowest BCUT2D eigenvalue weighted by molar-refractivity contribution is -0.152. The second-order valence-electron chi connectivity index (χ2n) is 2.97. The van der Waals surface area contributed by atoms with E-state index < -0.39 is 23.8 Å². The molecule has 0 saturated heterocycles. The number of carboxylic acid groups (broad SMARTS) is 2. The van der Waals surface area contributed by atoms with Crippen molar-refractivity contribution in [2.45, 2.75) is 6.42 Å². The Bertz CT molecular complexity index is 290. The Morgan fingerprint density at radius 3 is 2.38 bits per heavy atom. The van der Waals surface area contributed by atoms with Gasteiger partial charge in [-0.2, -0.15) is 0 Å². The number of rotatable bonds is 2. The van der Waals surface area contributed by atoms with Crippen LogP contribution in [0.3, 0.4) is 0 Å². The van der Waals surface area contributed by atoms with Crippen LogP contribution in [0.25, 0.3) is 0 Å². The zero-order chi connectivity index (χ0) is 10.0. The van der Waals surface area contributed by atoms with E-state index in [9.17, 15) is 9.59 Å². The van der Waals surface area contributed by atoms with E-state index in [0.29, 0.717) is 5.57 Å². The summed E-state index contributed by atoms with van der Waals surface area (Å²) in [6.45, 7) is 3.52. The first-order valence-electron chi connectivity index (χ1n) is 3.85. The normalized spacial score (nSPS) is 27.2. The summed E-state index contributed by atoms with van der Waals surface area (Å²) in [5.74, 6) is -4.07. The third kappa shape index (κ3) is 1.77. The Morgan fingerprint density at radius 1 is 1.38 bits per heavy atom. The first-order chi connectivity index (χ1) is 6.04. The van der Waals surface area contributed by atoms with Crippen LogP contribution in [-0.4, -0.2) is 22.2 Å². The summed E-state index contributed by atoms with van der Waals surface area (Å²) >= 11 is 0. The van der Waals surface area contributed by atoms with Gasteiger partial charge >= 0.3 is 11.9 Å². The van der Waals surface area contributed by atoms with Gasteiger partial charge in [0.05, 0.1) is 11.8 Å². The Hall–Kier alpha value is -1.58. The maximum Gasteiger partial charge on any atom is 0.311 e. The van der Waals surface area contributed by atoms with Crippen molar-refractivity contribution in [2.24, 2.45) is 11.8 Å². The van der Waals surface area contributed by atoms with Crippen LogP contribution in [0, 0.1) is 11.8 Å². The molecular formula is C9H10O4. The molecule has 0 aromatic rings. The van der Waals surface area contributed by atoms with Gasteiger partial charge in [0.2, 0.25) is 0 Å². The predicted molar refractivity (Wildman–Crippen MR) is 45.1 cm³/mol. The summed E-state index contributed by atoms with van der Waals surface area (Å²) in [6, 6.07) is 0. The highest BCUT2D eigenvalue weighted by molar-refractivity contribution is 5.83. The SMILES string of the molecule is C=C1C=CCC(C(=O)O)C1C(=O)O. The van der Waals surface area contributed by atoms with Gasteiger partial charge in [0.15, 0.2) is 0 Å². The van der Waals surface area contributed by atoms with Gasteiger partial charge in [0, 0.05) is 0 Å². The first-order valence-corrected chi connectivity index (χ1v) is 3.85. The summed E-state index contributed by atoms with van der Waals surface area (Å²) in [6.07, 6.45) is 3.46. The van der Waals surface area contributed by atoms with Crippen molar-refractivity contribution >= 4 is 11.9 Å². The van der Waals surface area contributed by atoms with Gasteiger partial charge < -0.3 is 10.2 Å². The third-order valence-electron chi connectivity index (χ3n) is 2.11. The molecule has 0 fully saturated rings. The van der Waals surface area contributed by atoms with Crippen LogP contribution in [0.5, 0.6) is 0 Å². The molecule has 2 unspecified atom stereocenters. The zero-order valence-corrected chi connectivity index (χ0v) is 6.93. The van der Waals surface area contributed by atoms with Crippen molar-refractivity contribution in [3.63, 3.8) is 0 Å². The fourth-order valence-electron chi connectivity index (χ4n) is 1.44. The zero-order valence-electron chi connectivity index (χ0n) is 6.93. The molecule has 2 N–H and O–H groups in total. The summed E-state index contributed by atoms with van der Waals surface area (Å²) in [5, 5.41) is 17.5. The van der Waals surface area contributed by atoms with Gasteiger partial charge in [-0.25, -0.2) is 0 Å². The van der Waals surface area contributed by atoms with Crippen LogP contribution in [-0.2, 0) is 9.59 Å². The standard InChI is InChI=1S/C9H10O4/c1-5-3-2-4-6(8(10)11)7(5)9(12)13/h2-3,6-7H,1,4H2,(H,10,11)(H,12,13). The number of aliphatic carboxylic acids is 2. The molecule has 0 spiro atoms. The van der Waals surface area contributed by atoms with E-state index in [1.165, 1.54) is 0 Å². The average Bonchev–Trinajstić information content (AvgIpc) is 2.02. The van der Waals surface area contributed by atoms with Crippen molar-refractivity contribution in [1.82, 2.24) is 0 Å². The van der Waals surface area contributed by atoms with Crippen LogP contribution in [0.4, 0.5) is 0 Å². The number of hydrogen-bond acceptors (Lipinski definition) is 2. The van der Waals surface area contributed by atoms with E-state index in [2.05, 4.69) is 6.58 Å². The predicted octanol–water partition coefficient (Wildman–Crippen LogP) is 0.904. The monoisotopic (exact) mass is 182 g/mol. The molecule has 4 heteroatoms. The molecule has 1 aliphatic rings. The van der Waals surface area contributed by atoms with Gasteiger partial charge in [-0.05, 0) is 12.0 Å². The number of hydrogen-bond donors (Lipinski definition) is 2. The molecule has 1 aliphatic carbocycles. The van der Waals surface area contributed by atoms with Crippen LogP contribution in [0.15, 0.2) is 24.3 Å². The van der Waals surface area contributed by atoms with Crippen LogP contribution in [0.1, 0.15) is 6.42 Å². The molecule has 0 bridgehead atoms. The maximum atomic E-state index is 10.7. The van der Waals surface area contributed by atoms with Crippen molar-refractivity contribution < 1.29 is 19.8 Å². The number of carboxylic acids is 2. The topological polar surface area (TPSA) is 74.6 Å². The Kier molecular flexibility index (Phi) is 2.51. The van der Waals surface area contributed by atoms with Crippen LogP contribution < -0.4 is 0 Å². The van der Waals surface area contributed by atoms with Crippen molar-refractivity contribution in [3.05, 3.63) is 24.3 Å². The molecule has 4 nitrogen and oxygen atoms in total. The number of carbonyl (C=O) groups is 2. The Morgan fingerprint density at radius 2 is 2.00 bits per heavy atom. The van der Waals surface area contributed by atoms with E-state index in [4.69, 9.17) is 10.2 Å². The highest BCUT2D eigenvalue weighted by atomic mass is 16.4. The van der Waals surface area contributed by atoms with Gasteiger partial charge in [-0.1, -0.05) is 18.7 Å². The quantitative estimate of drug-likeness (QED) is 0.665. The second-order valence-corrected chi connectivity index (χ2v) is 2.97. The fourth-order valence-corrected chi connectivity index (χ4v) is 1.44. The number of allylic oxidation sites excluding steroid dienone is 2.